The molecular formula is C22H31N3. The van der Waals surface area contributed by atoms with Crippen molar-refractivity contribution in [1.82, 2.24) is 10.3 Å². The summed E-state index contributed by atoms with van der Waals surface area (Å²) in [7, 11) is 0. The first-order valence-electron chi connectivity index (χ1n) is 9.47. The molecule has 0 unspecified atom stereocenters. The largest absolute Gasteiger partial charge is 0.321 e. The summed E-state index contributed by atoms with van der Waals surface area (Å²) in [6.07, 6.45) is 2.67. The van der Waals surface area contributed by atoms with Gasteiger partial charge in [-0.1, -0.05) is 37.3 Å². The second kappa shape index (κ2) is 8.50. The highest BCUT2D eigenvalue weighted by molar-refractivity contribution is 5.42. The number of nitrogens with zero attached hydrogens (tertiary/aromatic N) is 1. The molecule has 0 spiro atoms. The van der Waals surface area contributed by atoms with Crippen molar-refractivity contribution in [3.63, 3.8) is 0 Å². The van der Waals surface area contributed by atoms with Gasteiger partial charge >= 0.3 is 0 Å². The summed E-state index contributed by atoms with van der Waals surface area (Å²) in [5.74, 6) is 0.888. The Kier molecular flexibility index (Phi) is 6.11. The number of hydrogen-bond donors (Lipinski definition) is 2. The standard InChI is InChI=1S/C22H31N3/c1-17-9-11-25(12-10-17)16-21-14-20(18(2)13-19(21)3)15-23-24-22-7-5-4-6-8-22/h4-8,13-14,17,23-24H,9-12,15-16H2,1-3H3. The third kappa shape index (κ3) is 5.07. The van der Waals surface area contributed by atoms with Crippen molar-refractivity contribution in [3.05, 3.63) is 64.7 Å². The van der Waals surface area contributed by atoms with Gasteiger partial charge in [0.2, 0.25) is 0 Å². The summed E-state index contributed by atoms with van der Waals surface area (Å²) < 4.78 is 0. The van der Waals surface area contributed by atoms with Gasteiger partial charge in [0.25, 0.3) is 0 Å². The van der Waals surface area contributed by atoms with E-state index in [9.17, 15) is 0 Å². The summed E-state index contributed by atoms with van der Waals surface area (Å²) >= 11 is 0. The topological polar surface area (TPSA) is 27.3 Å². The quantitative estimate of drug-likeness (QED) is 0.751. The molecule has 1 aliphatic heterocycles. The number of rotatable bonds is 6. The Morgan fingerprint density at radius 3 is 2.36 bits per heavy atom. The molecule has 0 bridgehead atoms. The van der Waals surface area contributed by atoms with Crippen LogP contribution in [0.3, 0.4) is 0 Å². The van der Waals surface area contributed by atoms with E-state index in [-0.39, 0.29) is 0 Å². The first-order valence-corrected chi connectivity index (χ1v) is 9.47. The number of piperidine rings is 1. The van der Waals surface area contributed by atoms with Gasteiger partial charge in [-0.15, -0.1) is 0 Å². The van der Waals surface area contributed by atoms with Crippen molar-refractivity contribution in [2.24, 2.45) is 5.92 Å². The zero-order valence-corrected chi connectivity index (χ0v) is 15.8. The lowest BCUT2D eigenvalue weighted by Crippen LogP contribution is -2.32. The van der Waals surface area contributed by atoms with E-state index in [0.717, 1.165) is 24.7 Å². The number of hydrazine groups is 1. The maximum Gasteiger partial charge on any atom is 0.0487 e. The highest BCUT2D eigenvalue weighted by Crippen LogP contribution is 2.22. The summed E-state index contributed by atoms with van der Waals surface area (Å²) in [5, 5.41) is 0. The molecule has 2 aromatic rings. The third-order valence-corrected chi connectivity index (χ3v) is 5.35. The Morgan fingerprint density at radius 2 is 1.64 bits per heavy atom. The molecule has 0 aliphatic carbocycles. The molecule has 1 fully saturated rings. The second-order valence-electron chi connectivity index (χ2n) is 7.51. The van der Waals surface area contributed by atoms with Crippen LogP contribution < -0.4 is 10.9 Å². The normalized spacial score (nSPS) is 16.1. The van der Waals surface area contributed by atoms with Gasteiger partial charge in [0.1, 0.15) is 0 Å². The number of para-hydroxylation sites is 1. The van der Waals surface area contributed by atoms with Crippen molar-refractivity contribution >= 4 is 5.69 Å². The van der Waals surface area contributed by atoms with Gasteiger partial charge in [0.05, 0.1) is 0 Å². The van der Waals surface area contributed by atoms with Gasteiger partial charge in [0, 0.05) is 18.8 Å². The van der Waals surface area contributed by atoms with Crippen LogP contribution in [0.25, 0.3) is 0 Å². The molecule has 0 aromatic heterocycles. The van der Waals surface area contributed by atoms with Crippen LogP contribution in [0.5, 0.6) is 0 Å². The zero-order valence-electron chi connectivity index (χ0n) is 15.8. The Morgan fingerprint density at radius 1 is 0.960 bits per heavy atom. The molecule has 0 saturated carbocycles. The lowest BCUT2D eigenvalue weighted by atomic mass is 9.96. The SMILES string of the molecule is Cc1cc(C)c(CN2CCC(C)CC2)cc1CNNc1ccccc1. The summed E-state index contributed by atoms with van der Waals surface area (Å²) in [5.41, 5.74) is 13.3. The fourth-order valence-corrected chi connectivity index (χ4v) is 3.53. The molecule has 1 heterocycles. The van der Waals surface area contributed by atoms with Crippen molar-refractivity contribution in [1.29, 1.82) is 0 Å². The molecule has 134 valence electrons. The summed E-state index contributed by atoms with van der Waals surface area (Å²) in [4.78, 5) is 2.61. The fraction of sp³-hybridized carbons (Fsp3) is 0.455. The fourth-order valence-electron chi connectivity index (χ4n) is 3.53. The van der Waals surface area contributed by atoms with Crippen molar-refractivity contribution in [3.8, 4) is 0 Å². The molecule has 3 heteroatoms. The van der Waals surface area contributed by atoms with E-state index in [1.54, 1.807) is 0 Å². The number of likely N-dealkylation sites (tertiary alicyclic amines) is 1. The average molecular weight is 338 g/mol. The van der Waals surface area contributed by atoms with E-state index >= 15 is 0 Å². The lowest BCUT2D eigenvalue weighted by molar-refractivity contribution is 0.185. The highest BCUT2D eigenvalue weighted by Gasteiger charge is 2.16. The van der Waals surface area contributed by atoms with Gasteiger partial charge in [-0.05, 0) is 80.1 Å². The maximum atomic E-state index is 3.35. The van der Waals surface area contributed by atoms with E-state index in [2.05, 4.69) is 60.8 Å². The van der Waals surface area contributed by atoms with Crippen molar-refractivity contribution in [2.75, 3.05) is 18.5 Å². The number of nitrogens with one attached hydrogen (secondary N) is 2. The molecule has 1 aliphatic rings. The molecule has 3 rings (SSSR count). The Balaban J connectivity index is 1.61. The minimum atomic E-state index is 0.824. The zero-order chi connectivity index (χ0) is 17.6. The van der Waals surface area contributed by atoms with Crippen LogP contribution in [0.2, 0.25) is 0 Å². The average Bonchev–Trinajstić information content (AvgIpc) is 2.61. The molecule has 0 atom stereocenters. The Hall–Kier alpha value is -1.84. The molecule has 2 aromatic carbocycles. The van der Waals surface area contributed by atoms with Gasteiger partial charge in [-0.3, -0.25) is 4.90 Å². The molecule has 1 saturated heterocycles. The Labute approximate surface area is 152 Å². The molecular weight excluding hydrogens is 306 g/mol. The number of aryl methyl sites for hydroxylation is 2. The summed E-state index contributed by atoms with van der Waals surface area (Å²) in [6.45, 7) is 11.2. The van der Waals surface area contributed by atoms with E-state index in [4.69, 9.17) is 0 Å². The van der Waals surface area contributed by atoms with Crippen LogP contribution in [0.1, 0.15) is 42.0 Å². The molecule has 0 amide bonds. The predicted octanol–water partition coefficient (Wildman–Crippen LogP) is 4.65. The van der Waals surface area contributed by atoms with Crippen LogP contribution >= 0.6 is 0 Å². The Bertz CT molecular complexity index is 673. The van der Waals surface area contributed by atoms with Crippen LogP contribution in [0.4, 0.5) is 5.69 Å². The van der Waals surface area contributed by atoms with E-state index in [0.29, 0.717) is 0 Å². The van der Waals surface area contributed by atoms with Crippen molar-refractivity contribution < 1.29 is 0 Å². The van der Waals surface area contributed by atoms with Crippen molar-refractivity contribution in [2.45, 2.75) is 46.7 Å². The predicted molar refractivity (Wildman–Crippen MR) is 106 cm³/mol. The smallest absolute Gasteiger partial charge is 0.0487 e. The van der Waals surface area contributed by atoms with Crippen LogP contribution in [0, 0.1) is 19.8 Å². The van der Waals surface area contributed by atoms with Crippen LogP contribution in [-0.2, 0) is 13.1 Å². The monoisotopic (exact) mass is 337 g/mol. The number of anilines is 1. The minimum absolute atomic E-state index is 0.824. The number of benzene rings is 2. The van der Waals surface area contributed by atoms with E-state index < -0.39 is 0 Å². The maximum absolute atomic E-state index is 3.35. The van der Waals surface area contributed by atoms with E-state index in [1.165, 1.54) is 48.2 Å². The number of hydrogen-bond acceptors (Lipinski definition) is 3. The molecule has 25 heavy (non-hydrogen) atoms. The first kappa shape index (κ1) is 18.0. The first-order chi connectivity index (χ1) is 12.1. The molecule has 0 radical (unpaired) electrons. The minimum Gasteiger partial charge on any atom is -0.321 e. The second-order valence-corrected chi connectivity index (χ2v) is 7.51. The summed E-state index contributed by atoms with van der Waals surface area (Å²) in [6, 6.07) is 15.0. The van der Waals surface area contributed by atoms with Gasteiger partial charge in [0.15, 0.2) is 0 Å². The van der Waals surface area contributed by atoms with Crippen LogP contribution in [-0.4, -0.2) is 18.0 Å². The van der Waals surface area contributed by atoms with Gasteiger partial charge in [-0.25, -0.2) is 5.43 Å². The van der Waals surface area contributed by atoms with E-state index in [1.807, 2.05) is 18.2 Å². The lowest BCUT2D eigenvalue weighted by Gasteiger charge is -2.30. The van der Waals surface area contributed by atoms with Crippen LogP contribution in [0.15, 0.2) is 42.5 Å². The van der Waals surface area contributed by atoms with Gasteiger partial charge in [-0.2, -0.15) is 0 Å². The highest BCUT2D eigenvalue weighted by atomic mass is 15.3. The van der Waals surface area contributed by atoms with Gasteiger partial charge < -0.3 is 5.43 Å². The molecule has 3 nitrogen and oxygen atoms in total. The third-order valence-electron chi connectivity index (χ3n) is 5.35. The molecule has 2 N–H and O–H groups in total.